The van der Waals surface area contributed by atoms with Crippen molar-refractivity contribution in [1.29, 1.82) is 0 Å². The Morgan fingerprint density at radius 2 is 2.07 bits per heavy atom. The first-order valence-electron chi connectivity index (χ1n) is 3.84. The van der Waals surface area contributed by atoms with Gasteiger partial charge in [0.25, 0.3) is 12.1 Å². The van der Waals surface area contributed by atoms with Crippen molar-refractivity contribution >= 4 is 5.69 Å². The van der Waals surface area contributed by atoms with Gasteiger partial charge in [-0.25, -0.2) is 13.8 Å². The van der Waals surface area contributed by atoms with Crippen LogP contribution in [0.4, 0.5) is 14.5 Å². The third-order valence-corrected chi connectivity index (χ3v) is 1.73. The van der Waals surface area contributed by atoms with Gasteiger partial charge >= 0.3 is 0 Å². The maximum Gasteiger partial charge on any atom is 0.299 e. The Labute approximate surface area is 78.7 Å². The van der Waals surface area contributed by atoms with Crippen molar-refractivity contribution in [1.82, 2.24) is 4.98 Å². The fourth-order valence-electron chi connectivity index (χ4n) is 1.25. The highest BCUT2D eigenvalue weighted by molar-refractivity contribution is 5.44. The van der Waals surface area contributed by atoms with Crippen LogP contribution < -0.4 is 0 Å². The molecule has 1 rings (SSSR count). The summed E-state index contributed by atoms with van der Waals surface area (Å²) in [6.45, 7) is 2.93. The Hall–Kier alpha value is -1.59. The van der Waals surface area contributed by atoms with E-state index >= 15 is 0 Å². The van der Waals surface area contributed by atoms with Crippen LogP contribution in [-0.4, -0.2) is 9.91 Å². The number of halogens is 2. The molecular weight excluding hydrogens is 194 g/mol. The van der Waals surface area contributed by atoms with Crippen molar-refractivity contribution in [3.05, 3.63) is 33.1 Å². The minimum Gasteiger partial charge on any atom is -0.258 e. The first-order chi connectivity index (χ1) is 6.43. The molecule has 0 amide bonds. The number of hydrogen-bond acceptors (Lipinski definition) is 3. The molecule has 6 heteroatoms. The van der Waals surface area contributed by atoms with Gasteiger partial charge in [0.2, 0.25) is 0 Å². The average molecular weight is 202 g/mol. The zero-order chi connectivity index (χ0) is 10.9. The summed E-state index contributed by atoms with van der Waals surface area (Å²) in [6.07, 6.45) is -2.92. The summed E-state index contributed by atoms with van der Waals surface area (Å²) in [5, 5.41) is 10.5. The summed E-state index contributed by atoms with van der Waals surface area (Å²) in [6, 6.07) is 1.41. The lowest BCUT2D eigenvalue weighted by Crippen LogP contribution is -2.03. The monoisotopic (exact) mass is 202 g/mol. The lowest BCUT2D eigenvalue weighted by atomic mass is 10.1. The molecule has 0 N–H and O–H groups in total. The molecule has 1 aromatic rings. The van der Waals surface area contributed by atoms with Gasteiger partial charge in [0, 0.05) is 11.3 Å². The summed E-state index contributed by atoms with van der Waals surface area (Å²) in [4.78, 5) is 13.1. The summed E-state index contributed by atoms with van der Waals surface area (Å²) >= 11 is 0. The Balaban J connectivity index is 3.44. The summed E-state index contributed by atoms with van der Waals surface area (Å²) < 4.78 is 24.8. The van der Waals surface area contributed by atoms with Gasteiger partial charge in [-0.05, 0) is 19.9 Å². The van der Waals surface area contributed by atoms with Crippen molar-refractivity contribution in [2.75, 3.05) is 0 Å². The van der Waals surface area contributed by atoms with E-state index in [1.807, 2.05) is 0 Å². The summed E-state index contributed by atoms with van der Waals surface area (Å²) in [5.41, 5.74) is -0.792. The van der Waals surface area contributed by atoms with E-state index in [9.17, 15) is 18.9 Å². The Morgan fingerprint density at radius 3 is 2.50 bits per heavy atom. The molecule has 4 nitrogen and oxygen atoms in total. The maximum atomic E-state index is 12.4. The van der Waals surface area contributed by atoms with Crippen LogP contribution in [0.2, 0.25) is 0 Å². The van der Waals surface area contributed by atoms with Crippen LogP contribution in [-0.2, 0) is 0 Å². The third kappa shape index (κ3) is 1.84. The van der Waals surface area contributed by atoms with E-state index in [1.54, 1.807) is 0 Å². The Morgan fingerprint density at radius 1 is 1.50 bits per heavy atom. The Bertz CT molecular complexity index is 380. The highest BCUT2D eigenvalue weighted by atomic mass is 19.3. The van der Waals surface area contributed by atoms with Crippen molar-refractivity contribution in [2.45, 2.75) is 20.3 Å². The summed E-state index contributed by atoms with van der Waals surface area (Å²) in [7, 11) is 0. The normalized spacial score (nSPS) is 10.6. The average Bonchev–Trinajstić information content (AvgIpc) is 2.01. The second-order valence-corrected chi connectivity index (χ2v) is 2.87. The van der Waals surface area contributed by atoms with Crippen molar-refractivity contribution < 1.29 is 13.7 Å². The third-order valence-electron chi connectivity index (χ3n) is 1.73. The van der Waals surface area contributed by atoms with E-state index in [4.69, 9.17) is 0 Å². The highest BCUT2D eigenvalue weighted by Crippen LogP contribution is 2.30. The molecule has 0 unspecified atom stereocenters. The van der Waals surface area contributed by atoms with Crippen molar-refractivity contribution in [2.24, 2.45) is 0 Å². The van der Waals surface area contributed by atoms with Gasteiger partial charge in [-0.2, -0.15) is 0 Å². The zero-order valence-corrected chi connectivity index (χ0v) is 7.62. The maximum absolute atomic E-state index is 12.4. The second kappa shape index (κ2) is 3.65. The molecule has 0 aliphatic carbocycles. The summed E-state index contributed by atoms with van der Waals surface area (Å²) in [5.74, 6) is 0. The van der Waals surface area contributed by atoms with Crippen LogP contribution in [0.15, 0.2) is 6.07 Å². The first-order valence-corrected chi connectivity index (χ1v) is 3.84. The second-order valence-electron chi connectivity index (χ2n) is 2.87. The van der Waals surface area contributed by atoms with Crippen LogP contribution in [0, 0.1) is 24.0 Å². The number of pyridine rings is 1. The molecule has 0 aliphatic heterocycles. The van der Waals surface area contributed by atoms with E-state index in [-0.39, 0.29) is 5.56 Å². The number of hydrogen-bond donors (Lipinski definition) is 0. The number of alkyl halides is 2. The van der Waals surface area contributed by atoms with E-state index in [0.717, 1.165) is 0 Å². The molecule has 14 heavy (non-hydrogen) atoms. The zero-order valence-electron chi connectivity index (χ0n) is 7.62. The van der Waals surface area contributed by atoms with Crippen molar-refractivity contribution in [3.8, 4) is 0 Å². The molecule has 0 bridgehead atoms. The number of rotatable bonds is 2. The molecule has 0 aliphatic rings. The predicted octanol–water partition coefficient (Wildman–Crippen LogP) is 2.54. The molecule has 0 atom stereocenters. The van der Waals surface area contributed by atoms with Crippen LogP contribution in [0.3, 0.4) is 0 Å². The molecule has 0 saturated heterocycles. The van der Waals surface area contributed by atoms with Gasteiger partial charge in [0.15, 0.2) is 5.69 Å². The van der Waals surface area contributed by atoms with Gasteiger partial charge in [-0.15, -0.1) is 0 Å². The standard InChI is InChI=1S/C8H8F2N2O2/c1-4-3-5(2)11-6(8(9)10)7(4)12(13)14/h3,8H,1-2H3. The molecule has 76 valence electrons. The largest absolute Gasteiger partial charge is 0.299 e. The molecule has 0 fully saturated rings. The van der Waals surface area contributed by atoms with Gasteiger partial charge in [-0.1, -0.05) is 0 Å². The smallest absolute Gasteiger partial charge is 0.258 e. The molecule has 0 radical (unpaired) electrons. The van der Waals surface area contributed by atoms with E-state index in [0.29, 0.717) is 5.69 Å². The van der Waals surface area contributed by atoms with E-state index in [2.05, 4.69) is 4.98 Å². The molecule has 1 aromatic heterocycles. The Kier molecular flexibility index (Phi) is 2.73. The minimum absolute atomic E-state index is 0.206. The van der Waals surface area contributed by atoms with Crippen LogP contribution in [0.5, 0.6) is 0 Å². The topological polar surface area (TPSA) is 56.0 Å². The minimum atomic E-state index is -2.92. The molecule has 0 spiro atoms. The highest BCUT2D eigenvalue weighted by Gasteiger charge is 2.26. The number of nitro groups is 1. The van der Waals surface area contributed by atoms with Crippen LogP contribution in [0.25, 0.3) is 0 Å². The molecular formula is C8H8F2N2O2. The predicted molar refractivity (Wildman–Crippen MR) is 45.3 cm³/mol. The van der Waals surface area contributed by atoms with Gasteiger partial charge in [0.05, 0.1) is 4.92 Å². The van der Waals surface area contributed by atoms with Gasteiger partial charge in [-0.3, -0.25) is 10.1 Å². The fourth-order valence-corrected chi connectivity index (χ4v) is 1.25. The fraction of sp³-hybridized carbons (Fsp3) is 0.375. The van der Waals surface area contributed by atoms with Crippen molar-refractivity contribution in [3.63, 3.8) is 0 Å². The SMILES string of the molecule is Cc1cc(C)c([N+](=O)[O-])c(C(F)F)n1. The van der Waals surface area contributed by atoms with Gasteiger partial charge in [0.1, 0.15) is 0 Å². The van der Waals surface area contributed by atoms with Crippen LogP contribution >= 0.6 is 0 Å². The van der Waals surface area contributed by atoms with Gasteiger partial charge < -0.3 is 0 Å². The first kappa shape index (κ1) is 10.5. The number of nitrogens with zero attached hydrogens (tertiary/aromatic N) is 2. The number of aryl methyl sites for hydroxylation is 2. The molecule has 0 aromatic carbocycles. The number of aromatic nitrogens is 1. The quantitative estimate of drug-likeness (QED) is 0.547. The molecule has 0 saturated carbocycles. The van der Waals surface area contributed by atoms with Crippen LogP contribution in [0.1, 0.15) is 23.4 Å². The molecule has 1 heterocycles. The van der Waals surface area contributed by atoms with E-state index in [1.165, 1.54) is 19.9 Å². The lowest BCUT2D eigenvalue weighted by Gasteiger charge is -2.04. The lowest BCUT2D eigenvalue weighted by molar-refractivity contribution is -0.387. The van der Waals surface area contributed by atoms with E-state index < -0.39 is 22.7 Å².